The van der Waals surface area contributed by atoms with Crippen LogP contribution in [0.2, 0.25) is 0 Å². The molecule has 2 aromatic rings. The lowest BCUT2D eigenvalue weighted by Gasteiger charge is -2.07. The third kappa shape index (κ3) is 3.91. The average molecular weight is 316 g/mol. The molecule has 20 heavy (non-hydrogen) atoms. The zero-order valence-electron chi connectivity index (χ0n) is 10.3. The van der Waals surface area contributed by atoms with E-state index >= 15 is 0 Å². The highest BCUT2D eigenvalue weighted by atomic mass is 35.7. The van der Waals surface area contributed by atoms with Gasteiger partial charge in [0.25, 0.3) is 9.05 Å². The van der Waals surface area contributed by atoms with Crippen molar-refractivity contribution in [3.63, 3.8) is 0 Å². The second-order valence-electron chi connectivity index (χ2n) is 3.95. The van der Waals surface area contributed by atoms with Crippen LogP contribution in [0, 0.1) is 5.82 Å². The fourth-order valence-electron chi connectivity index (χ4n) is 1.56. The van der Waals surface area contributed by atoms with Crippen LogP contribution in [0.5, 0.6) is 5.75 Å². The highest BCUT2D eigenvalue weighted by Gasteiger charge is 2.13. The van der Waals surface area contributed by atoms with Gasteiger partial charge in [-0.1, -0.05) is 6.07 Å². The molecular formula is C13H11ClFNO3S. The Hall–Kier alpha value is -1.66. The maximum atomic E-state index is 13.6. The maximum absolute atomic E-state index is 13.6. The number of benzene rings is 1. The first-order valence-electron chi connectivity index (χ1n) is 5.74. The van der Waals surface area contributed by atoms with E-state index in [0.717, 1.165) is 11.8 Å². The normalized spacial score (nSPS) is 11.3. The van der Waals surface area contributed by atoms with Gasteiger partial charge < -0.3 is 4.74 Å². The first-order chi connectivity index (χ1) is 9.47. The van der Waals surface area contributed by atoms with E-state index in [2.05, 4.69) is 4.98 Å². The SMILES string of the molecule is O=S(=O)(Cl)c1ccc(OCCc2ccccn2)c(F)c1. The molecule has 0 unspecified atom stereocenters. The van der Waals surface area contributed by atoms with Crippen LogP contribution < -0.4 is 4.74 Å². The van der Waals surface area contributed by atoms with E-state index in [1.54, 1.807) is 12.3 Å². The predicted octanol–water partition coefficient (Wildman–Crippen LogP) is 2.77. The zero-order chi connectivity index (χ0) is 14.6. The Labute approximate surface area is 120 Å². The van der Waals surface area contributed by atoms with Crippen LogP contribution in [0.4, 0.5) is 4.39 Å². The van der Waals surface area contributed by atoms with Gasteiger partial charge in [0.05, 0.1) is 11.5 Å². The second-order valence-corrected chi connectivity index (χ2v) is 6.52. The van der Waals surface area contributed by atoms with Gasteiger partial charge in [0.2, 0.25) is 0 Å². The molecule has 106 valence electrons. The van der Waals surface area contributed by atoms with E-state index in [1.165, 1.54) is 12.1 Å². The third-order valence-electron chi connectivity index (χ3n) is 2.53. The quantitative estimate of drug-likeness (QED) is 0.796. The summed E-state index contributed by atoms with van der Waals surface area (Å²) in [5.74, 6) is -0.794. The first-order valence-corrected chi connectivity index (χ1v) is 8.04. The molecule has 0 aliphatic rings. The molecule has 0 aliphatic heterocycles. The molecule has 1 aromatic heterocycles. The lowest BCUT2D eigenvalue weighted by atomic mass is 10.3. The molecular weight excluding hydrogens is 305 g/mol. The van der Waals surface area contributed by atoms with Crippen molar-refractivity contribution >= 4 is 19.7 Å². The second kappa shape index (κ2) is 6.19. The van der Waals surface area contributed by atoms with Crippen LogP contribution >= 0.6 is 10.7 Å². The fourth-order valence-corrected chi connectivity index (χ4v) is 2.32. The summed E-state index contributed by atoms with van der Waals surface area (Å²) < 4.78 is 41.0. The van der Waals surface area contributed by atoms with E-state index in [9.17, 15) is 12.8 Å². The maximum Gasteiger partial charge on any atom is 0.261 e. The number of hydrogen-bond donors (Lipinski definition) is 0. The molecule has 0 atom stereocenters. The largest absolute Gasteiger partial charge is 0.490 e. The summed E-state index contributed by atoms with van der Waals surface area (Å²) >= 11 is 0. The Bertz CT molecular complexity index is 692. The van der Waals surface area contributed by atoms with Gasteiger partial charge in [0, 0.05) is 29.0 Å². The third-order valence-corrected chi connectivity index (χ3v) is 3.88. The molecule has 0 aliphatic carbocycles. The number of nitrogens with zero attached hydrogens (tertiary/aromatic N) is 1. The summed E-state index contributed by atoms with van der Waals surface area (Å²) in [6.07, 6.45) is 2.19. The number of ether oxygens (including phenoxy) is 1. The van der Waals surface area contributed by atoms with Gasteiger partial charge in [-0.15, -0.1) is 0 Å². The van der Waals surface area contributed by atoms with Crippen LogP contribution in [-0.4, -0.2) is 20.0 Å². The summed E-state index contributed by atoms with van der Waals surface area (Å²) in [5, 5.41) is 0. The van der Waals surface area contributed by atoms with Crippen molar-refractivity contribution in [3.05, 3.63) is 54.1 Å². The Morgan fingerprint density at radius 3 is 2.65 bits per heavy atom. The summed E-state index contributed by atoms with van der Waals surface area (Å²) in [4.78, 5) is 3.81. The Morgan fingerprint density at radius 2 is 2.05 bits per heavy atom. The molecule has 0 saturated carbocycles. The highest BCUT2D eigenvalue weighted by Crippen LogP contribution is 2.23. The van der Waals surface area contributed by atoms with E-state index in [4.69, 9.17) is 15.4 Å². The fraction of sp³-hybridized carbons (Fsp3) is 0.154. The minimum Gasteiger partial charge on any atom is -0.490 e. The van der Waals surface area contributed by atoms with Crippen LogP contribution in [0.15, 0.2) is 47.5 Å². The zero-order valence-corrected chi connectivity index (χ0v) is 11.9. The van der Waals surface area contributed by atoms with Gasteiger partial charge in [-0.3, -0.25) is 4.98 Å². The number of rotatable bonds is 5. The van der Waals surface area contributed by atoms with Gasteiger partial charge in [-0.25, -0.2) is 12.8 Å². The summed E-state index contributed by atoms with van der Waals surface area (Å²) in [7, 11) is 1.18. The number of pyridine rings is 1. The predicted molar refractivity (Wildman–Crippen MR) is 72.9 cm³/mol. The van der Waals surface area contributed by atoms with Crippen molar-refractivity contribution in [1.82, 2.24) is 4.98 Å². The van der Waals surface area contributed by atoms with Crippen LogP contribution in [0.25, 0.3) is 0 Å². The topological polar surface area (TPSA) is 56.3 Å². The van der Waals surface area contributed by atoms with Gasteiger partial charge in [0.15, 0.2) is 11.6 Å². The van der Waals surface area contributed by atoms with Crippen molar-refractivity contribution in [2.45, 2.75) is 11.3 Å². The Balaban J connectivity index is 2.00. The summed E-state index contributed by atoms with van der Waals surface area (Å²) in [6, 6.07) is 8.75. The lowest BCUT2D eigenvalue weighted by molar-refractivity contribution is 0.303. The number of hydrogen-bond acceptors (Lipinski definition) is 4. The molecule has 0 fully saturated rings. The minimum absolute atomic E-state index is 0.0232. The number of halogens is 2. The molecule has 1 aromatic carbocycles. The smallest absolute Gasteiger partial charge is 0.261 e. The minimum atomic E-state index is -3.94. The van der Waals surface area contributed by atoms with Gasteiger partial charge in [-0.05, 0) is 30.3 Å². The molecule has 0 N–H and O–H groups in total. The van der Waals surface area contributed by atoms with Gasteiger partial charge in [-0.2, -0.15) is 0 Å². The van der Waals surface area contributed by atoms with Crippen LogP contribution in [-0.2, 0) is 15.5 Å². The molecule has 0 radical (unpaired) electrons. The van der Waals surface area contributed by atoms with E-state index < -0.39 is 14.9 Å². The van der Waals surface area contributed by atoms with Gasteiger partial charge in [0.1, 0.15) is 0 Å². The molecule has 0 saturated heterocycles. The van der Waals surface area contributed by atoms with Crippen molar-refractivity contribution in [3.8, 4) is 5.75 Å². The van der Waals surface area contributed by atoms with Crippen molar-refractivity contribution in [2.75, 3.05) is 6.61 Å². The average Bonchev–Trinajstić information content (AvgIpc) is 2.40. The Morgan fingerprint density at radius 1 is 1.25 bits per heavy atom. The lowest BCUT2D eigenvalue weighted by Crippen LogP contribution is -2.04. The molecule has 2 rings (SSSR count). The Kier molecular flexibility index (Phi) is 4.57. The standard InChI is InChI=1S/C13H11ClFNO3S/c14-20(17,18)11-4-5-13(12(15)9-11)19-8-6-10-3-1-2-7-16-10/h1-5,7,9H,6,8H2. The van der Waals surface area contributed by atoms with Crippen molar-refractivity contribution in [2.24, 2.45) is 0 Å². The molecule has 0 bridgehead atoms. The van der Waals surface area contributed by atoms with Crippen molar-refractivity contribution in [1.29, 1.82) is 0 Å². The monoisotopic (exact) mass is 315 g/mol. The van der Waals surface area contributed by atoms with Crippen LogP contribution in [0.3, 0.4) is 0 Å². The molecule has 0 spiro atoms. The number of aromatic nitrogens is 1. The molecule has 0 amide bonds. The van der Waals surface area contributed by atoms with E-state index in [0.29, 0.717) is 6.42 Å². The van der Waals surface area contributed by atoms with Crippen molar-refractivity contribution < 1.29 is 17.5 Å². The molecule has 4 nitrogen and oxygen atoms in total. The van der Waals surface area contributed by atoms with Crippen LogP contribution in [0.1, 0.15) is 5.69 Å². The molecule has 7 heteroatoms. The molecule has 1 heterocycles. The van der Waals surface area contributed by atoms with Gasteiger partial charge >= 0.3 is 0 Å². The first kappa shape index (κ1) is 14.7. The van der Waals surface area contributed by atoms with E-state index in [1.807, 2.05) is 12.1 Å². The summed E-state index contributed by atoms with van der Waals surface area (Å²) in [6.45, 7) is 0.237. The highest BCUT2D eigenvalue weighted by molar-refractivity contribution is 8.13. The summed E-state index contributed by atoms with van der Waals surface area (Å²) in [5.41, 5.74) is 0.827. The van der Waals surface area contributed by atoms with E-state index in [-0.39, 0.29) is 17.3 Å².